The van der Waals surface area contributed by atoms with Crippen molar-refractivity contribution in [1.29, 1.82) is 0 Å². The van der Waals surface area contributed by atoms with E-state index in [9.17, 15) is 26.4 Å². The van der Waals surface area contributed by atoms with E-state index in [0.717, 1.165) is 24.3 Å². The third-order valence-corrected chi connectivity index (χ3v) is 4.39. The fourth-order valence-electron chi connectivity index (χ4n) is 1.49. The number of nitrogens with one attached hydrogen (secondary N) is 3. The highest BCUT2D eigenvalue weighted by Crippen LogP contribution is 2.14. The van der Waals surface area contributed by atoms with Crippen molar-refractivity contribution in [3.63, 3.8) is 0 Å². The molecule has 23 heavy (non-hydrogen) atoms. The first kappa shape index (κ1) is 19.4. The number of hydrogen-bond acceptors (Lipinski definition) is 4. The summed E-state index contributed by atoms with van der Waals surface area (Å²) >= 11 is 0. The SMILES string of the molecule is CNC(C)CNS(=O)(=O)c1ccc(C(=O)NCC(F)(F)F)cc1. The summed E-state index contributed by atoms with van der Waals surface area (Å²) in [5.74, 6) is -0.928. The normalized spacial score (nSPS) is 13.6. The van der Waals surface area contributed by atoms with Crippen LogP contribution in [0.4, 0.5) is 13.2 Å². The van der Waals surface area contributed by atoms with E-state index in [1.54, 1.807) is 19.3 Å². The van der Waals surface area contributed by atoms with Gasteiger partial charge in [-0.15, -0.1) is 0 Å². The van der Waals surface area contributed by atoms with Gasteiger partial charge in [-0.05, 0) is 38.2 Å². The molecule has 1 unspecified atom stereocenters. The summed E-state index contributed by atoms with van der Waals surface area (Å²) in [5, 5.41) is 4.57. The topological polar surface area (TPSA) is 87.3 Å². The van der Waals surface area contributed by atoms with Gasteiger partial charge < -0.3 is 10.6 Å². The quantitative estimate of drug-likeness (QED) is 0.679. The number of alkyl halides is 3. The zero-order valence-electron chi connectivity index (χ0n) is 12.6. The van der Waals surface area contributed by atoms with Crippen LogP contribution < -0.4 is 15.4 Å². The molecule has 1 amide bonds. The van der Waals surface area contributed by atoms with Gasteiger partial charge in [0.15, 0.2) is 0 Å². The molecule has 0 spiro atoms. The summed E-state index contributed by atoms with van der Waals surface area (Å²) in [6.07, 6.45) is -4.51. The first-order valence-corrected chi connectivity index (χ1v) is 8.15. The van der Waals surface area contributed by atoms with Crippen LogP contribution in [0.5, 0.6) is 0 Å². The van der Waals surface area contributed by atoms with Crippen LogP contribution in [-0.4, -0.2) is 46.7 Å². The Kier molecular flexibility index (Phi) is 6.54. The molecule has 1 atom stereocenters. The Labute approximate surface area is 132 Å². The summed E-state index contributed by atoms with van der Waals surface area (Å²) in [4.78, 5) is 11.4. The van der Waals surface area contributed by atoms with Gasteiger partial charge >= 0.3 is 6.18 Å². The predicted octanol–water partition coefficient (Wildman–Crippen LogP) is 0.865. The molecule has 0 aliphatic carbocycles. The molecule has 1 rings (SSSR count). The van der Waals surface area contributed by atoms with Crippen LogP contribution in [0.2, 0.25) is 0 Å². The van der Waals surface area contributed by atoms with Gasteiger partial charge in [-0.3, -0.25) is 4.79 Å². The van der Waals surface area contributed by atoms with E-state index < -0.39 is 28.7 Å². The fourth-order valence-corrected chi connectivity index (χ4v) is 2.62. The van der Waals surface area contributed by atoms with Crippen molar-refractivity contribution in [1.82, 2.24) is 15.4 Å². The number of hydrogen-bond donors (Lipinski definition) is 3. The number of likely N-dealkylation sites (N-methyl/N-ethyl adjacent to an activating group) is 1. The molecule has 10 heteroatoms. The van der Waals surface area contributed by atoms with Crippen LogP contribution in [-0.2, 0) is 10.0 Å². The number of sulfonamides is 1. The minimum absolute atomic E-state index is 0.0585. The lowest BCUT2D eigenvalue weighted by Gasteiger charge is -2.12. The number of amides is 1. The van der Waals surface area contributed by atoms with E-state index in [-0.39, 0.29) is 23.0 Å². The molecule has 1 aromatic rings. The molecule has 0 fully saturated rings. The number of rotatable bonds is 7. The Morgan fingerprint density at radius 2 is 1.78 bits per heavy atom. The highest BCUT2D eigenvalue weighted by atomic mass is 32.2. The summed E-state index contributed by atoms with van der Waals surface area (Å²) in [5.41, 5.74) is -0.0585. The van der Waals surface area contributed by atoms with E-state index in [0.29, 0.717) is 0 Å². The number of benzene rings is 1. The van der Waals surface area contributed by atoms with Crippen LogP contribution in [0.1, 0.15) is 17.3 Å². The van der Waals surface area contributed by atoms with Gasteiger partial charge in [-0.25, -0.2) is 13.1 Å². The minimum Gasteiger partial charge on any atom is -0.343 e. The largest absolute Gasteiger partial charge is 0.405 e. The molecule has 1 aromatic carbocycles. The second-order valence-corrected chi connectivity index (χ2v) is 6.63. The average molecular weight is 353 g/mol. The molecule has 0 aliphatic rings. The Morgan fingerprint density at radius 3 is 2.26 bits per heavy atom. The Bertz CT molecular complexity index is 630. The molecule has 130 valence electrons. The van der Waals surface area contributed by atoms with E-state index in [2.05, 4.69) is 10.0 Å². The molecule has 0 bridgehead atoms. The van der Waals surface area contributed by atoms with Crippen molar-refractivity contribution < 1.29 is 26.4 Å². The van der Waals surface area contributed by atoms with Crippen LogP contribution in [0, 0.1) is 0 Å². The minimum atomic E-state index is -4.51. The van der Waals surface area contributed by atoms with Gasteiger partial charge in [0, 0.05) is 18.2 Å². The van der Waals surface area contributed by atoms with Gasteiger partial charge in [0.05, 0.1) is 4.90 Å². The molecule has 0 heterocycles. The van der Waals surface area contributed by atoms with Gasteiger partial charge in [-0.1, -0.05) is 0 Å². The Balaban J connectivity index is 2.74. The monoisotopic (exact) mass is 353 g/mol. The standard InChI is InChI=1S/C13H18F3N3O3S/c1-9(17-2)7-19-23(21,22)11-5-3-10(4-6-11)12(20)18-8-13(14,15)16/h3-6,9,17,19H,7-8H2,1-2H3,(H,18,20). The molecule has 0 aromatic heterocycles. The highest BCUT2D eigenvalue weighted by molar-refractivity contribution is 7.89. The van der Waals surface area contributed by atoms with Crippen LogP contribution in [0.3, 0.4) is 0 Å². The molecule has 0 aliphatic heterocycles. The molecular formula is C13H18F3N3O3S. The van der Waals surface area contributed by atoms with E-state index in [1.807, 2.05) is 0 Å². The van der Waals surface area contributed by atoms with Crippen LogP contribution in [0.25, 0.3) is 0 Å². The van der Waals surface area contributed by atoms with Gasteiger partial charge in [0.2, 0.25) is 10.0 Å². The van der Waals surface area contributed by atoms with Crippen molar-refractivity contribution >= 4 is 15.9 Å². The van der Waals surface area contributed by atoms with Crippen molar-refractivity contribution in [2.45, 2.75) is 24.0 Å². The first-order chi connectivity index (χ1) is 10.5. The fraction of sp³-hybridized carbons (Fsp3) is 0.462. The van der Waals surface area contributed by atoms with Gasteiger partial charge in [-0.2, -0.15) is 13.2 Å². The predicted molar refractivity (Wildman–Crippen MR) is 78.5 cm³/mol. The summed E-state index contributed by atoms with van der Waals surface area (Å²) in [6, 6.07) is 4.56. The third kappa shape index (κ3) is 6.55. The van der Waals surface area contributed by atoms with E-state index in [4.69, 9.17) is 0 Å². The van der Waals surface area contributed by atoms with Crippen molar-refractivity contribution in [2.24, 2.45) is 0 Å². The summed E-state index contributed by atoms with van der Waals surface area (Å²) in [7, 11) is -2.06. The molecule has 0 saturated heterocycles. The molecule has 6 nitrogen and oxygen atoms in total. The smallest absolute Gasteiger partial charge is 0.343 e. The summed E-state index contributed by atoms with van der Waals surface area (Å²) in [6.45, 7) is 0.513. The van der Waals surface area contributed by atoms with Crippen molar-refractivity contribution in [2.75, 3.05) is 20.1 Å². The first-order valence-electron chi connectivity index (χ1n) is 6.67. The zero-order chi connectivity index (χ0) is 17.7. The molecule has 3 N–H and O–H groups in total. The van der Waals surface area contributed by atoms with E-state index >= 15 is 0 Å². The lowest BCUT2D eigenvalue weighted by Crippen LogP contribution is -2.37. The highest BCUT2D eigenvalue weighted by Gasteiger charge is 2.28. The second kappa shape index (κ2) is 7.75. The van der Waals surface area contributed by atoms with Gasteiger partial charge in [0.25, 0.3) is 5.91 Å². The molecule has 0 radical (unpaired) electrons. The second-order valence-electron chi connectivity index (χ2n) is 4.86. The molecular weight excluding hydrogens is 335 g/mol. The Morgan fingerprint density at radius 1 is 1.22 bits per heavy atom. The maximum absolute atomic E-state index is 12.0. The molecule has 0 saturated carbocycles. The maximum atomic E-state index is 12.0. The lowest BCUT2D eigenvalue weighted by molar-refractivity contribution is -0.123. The zero-order valence-corrected chi connectivity index (χ0v) is 13.4. The number of carbonyl (C=O) groups is 1. The van der Waals surface area contributed by atoms with Crippen LogP contribution >= 0.6 is 0 Å². The maximum Gasteiger partial charge on any atom is 0.405 e. The third-order valence-electron chi connectivity index (χ3n) is 2.95. The summed E-state index contributed by atoms with van der Waals surface area (Å²) < 4.78 is 62.5. The lowest BCUT2D eigenvalue weighted by atomic mass is 10.2. The van der Waals surface area contributed by atoms with Gasteiger partial charge in [0.1, 0.15) is 6.54 Å². The van der Waals surface area contributed by atoms with E-state index in [1.165, 1.54) is 0 Å². The Hall–Kier alpha value is -1.65. The average Bonchev–Trinajstić information content (AvgIpc) is 2.49. The number of carbonyl (C=O) groups excluding carboxylic acids is 1. The van der Waals surface area contributed by atoms with Crippen molar-refractivity contribution in [3.8, 4) is 0 Å². The van der Waals surface area contributed by atoms with Crippen molar-refractivity contribution in [3.05, 3.63) is 29.8 Å². The van der Waals surface area contributed by atoms with Crippen LogP contribution in [0.15, 0.2) is 29.2 Å². The number of halogens is 3.